The third-order valence-corrected chi connectivity index (χ3v) is 1.82. The van der Waals surface area contributed by atoms with Gasteiger partial charge in [0, 0.05) is 23.9 Å². The molecular formula is C5H6ClNS. The van der Waals surface area contributed by atoms with E-state index in [0.29, 0.717) is 5.88 Å². The second-order valence-electron chi connectivity index (χ2n) is 1.36. The standard InChI is InChI=1S/C5H6ClNS/c6-2-1-5-7-3-4-8-5/h3-4H,1-2H2. The van der Waals surface area contributed by atoms with E-state index in [-0.39, 0.29) is 0 Å². The van der Waals surface area contributed by atoms with Crippen LogP contribution in [0.2, 0.25) is 0 Å². The zero-order chi connectivity index (χ0) is 5.82. The molecule has 0 unspecified atom stereocenters. The Bertz CT molecular complexity index is 138. The van der Waals surface area contributed by atoms with Crippen molar-refractivity contribution in [2.75, 3.05) is 5.88 Å². The molecule has 0 aliphatic carbocycles. The second kappa shape index (κ2) is 3.05. The Morgan fingerprint density at radius 3 is 3.12 bits per heavy atom. The van der Waals surface area contributed by atoms with Gasteiger partial charge < -0.3 is 0 Å². The number of nitrogens with zero attached hydrogens (tertiary/aromatic N) is 1. The first-order valence-corrected chi connectivity index (χ1v) is 3.79. The topological polar surface area (TPSA) is 12.9 Å². The van der Waals surface area contributed by atoms with E-state index in [0.717, 1.165) is 11.4 Å². The number of aryl methyl sites for hydroxylation is 1. The number of halogens is 1. The zero-order valence-electron chi connectivity index (χ0n) is 4.30. The summed E-state index contributed by atoms with van der Waals surface area (Å²) in [5, 5.41) is 3.09. The molecule has 0 bridgehead atoms. The maximum Gasteiger partial charge on any atom is 0.0936 e. The fourth-order valence-electron chi connectivity index (χ4n) is 0.457. The summed E-state index contributed by atoms with van der Waals surface area (Å²) in [7, 11) is 0. The minimum atomic E-state index is 0.674. The third-order valence-electron chi connectivity index (χ3n) is 0.792. The highest BCUT2D eigenvalue weighted by Gasteiger charge is 1.89. The molecule has 0 saturated heterocycles. The van der Waals surface area contributed by atoms with Gasteiger partial charge in [-0.25, -0.2) is 4.98 Å². The van der Waals surface area contributed by atoms with Crippen LogP contribution in [0, 0.1) is 0 Å². The molecule has 0 aliphatic heterocycles. The molecule has 44 valence electrons. The Morgan fingerprint density at radius 2 is 2.62 bits per heavy atom. The Kier molecular flexibility index (Phi) is 2.30. The average Bonchev–Trinajstić information content (AvgIpc) is 2.19. The highest BCUT2D eigenvalue weighted by molar-refractivity contribution is 7.09. The predicted molar refractivity (Wildman–Crippen MR) is 36.5 cm³/mol. The van der Waals surface area contributed by atoms with Gasteiger partial charge in [-0.05, 0) is 0 Å². The van der Waals surface area contributed by atoms with Gasteiger partial charge in [-0.2, -0.15) is 0 Å². The van der Waals surface area contributed by atoms with Crippen molar-refractivity contribution in [3.8, 4) is 0 Å². The van der Waals surface area contributed by atoms with Gasteiger partial charge in [0.05, 0.1) is 5.01 Å². The van der Waals surface area contributed by atoms with Crippen molar-refractivity contribution in [1.82, 2.24) is 4.98 Å². The fraction of sp³-hybridized carbons (Fsp3) is 0.400. The van der Waals surface area contributed by atoms with Crippen molar-refractivity contribution in [2.24, 2.45) is 0 Å². The van der Waals surface area contributed by atoms with Crippen LogP contribution in [-0.2, 0) is 6.42 Å². The van der Waals surface area contributed by atoms with Crippen LogP contribution < -0.4 is 0 Å². The molecule has 0 aromatic carbocycles. The van der Waals surface area contributed by atoms with Gasteiger partial charge in [0.2, 0.25) is 0 Å². The van der Waals surface area contributed by atoms with Gasteiger partial charge in [0.25, 0.3) is 0 Å². The van der Waals surface area contributed by atoms with Gasteiger partial charge in [0.1, 0.15) is 0 Å². The van der Waals surface area contributed by atoms with E-state index in [9.17, 15) is 0 Å². The quantitative estimate of drug-likeness (QED) is 0.583. The third kappa shape index (κ3) is 1.46. The minimum Gasteiger partial charge on any atom is -0.250 e. The maximum atomic E-state index is 5.46. The Morgan fingerprint density at radius 1 is 1.75 bits per heavy atom. The normalized spacial score (nSPS) is 9.62. The van der Waals surface area contributed by atoms with Crippen molar-refractivity contribution >= 4 is 22.9 Å². The number of rotatable bonds is 2. The molecule has 8 heavy (non-hydrogen) atoms. The molecule has 0 aliphatic rings. The number of alkyl halides is 1. The molecule has 1 aromatic heterocycles. The van der Waals surface area contributed by atoms with E-state index in [1.807, 2.05) is 5.38 Å². The number of hydrogen-bond acceptors (Lipinski definition) is 2. The molecule has 1 aromatic rings. The monoisotopic (exact) mass is 147 g/mol. The molecule has 1 nitrogen and oxygen atoms in total. The average molecular weight is 148 g/mol. The van der Waals surface area contributed by atoms with Crippen LogP contribution >= 0.6 is 22.9 Å². The molecule has 0 atom stereocenters. The van der Waals surface area contributed by atoms with Gasteiger partial charge in [-0.15, -0.1) is 22.9 Å². The highest BCUT2D eigenvalue weighted by Crippen LogP contribution is 2.04. The summed E-state index contributed by atoms with van der Waals surface area (Å²) in [5.74, 6) is 0.674. The van der Waals surface area contributed by atoms with Gasteiger partial charge in [-0.1, -0.05) is 0 Å². The SMILES string of the molecule is ClCCc1nccs1. The second-order valence-corrected chi connectivity index (χ2v) is 2.72. The van der Waals surface area contributed by atoms with Crippen molar-refractivity contribution < 1.29 is 0 Å². The van der Waals surface area contributed by atoms with Crippen LogP contribution in [0.4, 0.5) is 0 Å². The summed E-state index contributed by atoms with van der Waals surface area (Å²) in [5.41, 5.74) is 0. The Hall–Kier alpha value is -0.0800. The zero-order valence-corrected chi connectivity index (χ0v) is 5.87. The molecule has 1 heterocycles. The minimum absolute atomic E-state index is 0.674. The highest BCUT2D eigenvalue weighted by atomic mass is 35.5. The van der Waals surface area contributed by atoms with Gasteiger partial charge in [0.15, 0.2) is 0 Å². The summed E-state index contributed by atoms with van der Waals surface area (Å²) >= 11 is 7.11. The lowest BCUT2D eigenvalue weighted by atomic mass is 10.5. The van der Waals surface area contributed by atoms with Crippen LogP contribution in [0.25, 0.3) is 0 Å². The molecule has 0 N–H and O–H groups in total. The first-order chi connectivity index (χ1) is 3.93. The molecular weight excluding hydrogens is 142 g/mol. The summed E-state index contributed by atoms with van der Waals surface area (Å²) < 4.78 is 0. The molecule has 0 fully saturated rings. The summed E-state index contributed by atoms with van der Waals surface area (Å²) in [4.78, 5) is 4.04. The lowest BCUT2D eigenvalue weighted by Crippen LogP contribution is -1.81. The molecule has 0 spiro atoms. The maximum absolute atomic E-state index is 5.46. The number of hydrogen-bond donors (Lipinski definition) is 0. The number of aromatic nitrogens is 1. The van der Waals surface area contributed by atoms with Crippen molar-refractivity contribution in [1.29, 1.82) is 0 Å². The molecule has 0 saturated carbocycles. The molecule has 0 amide bonds. The van der Waals surface area contributed by atoms with Crippen LogP contribution in [0.3, 0.4) is 0 Å². The smallest absolute Gasteiger partial charge is 0.0936 e. The molecule has 3 heteroatoms. The molecule has 0 radical (unpaired) electrons. The van der Waals surface area contributed by atoms with Crippen molar-refractivity contribution in [3.05, 3.63) is 16.6 Å². The van der Waals surface area contributed by atoms with Crippen LogP contribution in [0.5, 0.6) is 0 Å². The summed E-state index contributed by atoms with van der Waals surface area (Å²) in [6.45, 7) is 0. The van der Waals surface area contributed by atoms with E-state index in [1.54, 1.807) is 17.5 Å². The lowest BCUT2D eigenvalue weighted by molar-refractivity contribution is 1.10. The van der Waals surface area contributed by atoms with E-state index >= 15 is 0 Å². The van der Waals surface area contributed by atoms with Crippen LogP contribution in [-0.4, -0.2) is 10.9 Å². The Balaban J connectivity index is 2.50. The Labute approximate surface area is 57.3 Å². The first-order valence-electron chi connectivity index (χ1n) is 2.38. The number of thiazole rings is 1. The summed E-state index contributed by atoms with van der Waals surface area (Å²) in [6.07, 6.45) is 2.70. The van der Waals surface area contributed by atoms with E-state index in [1.165, 1.54) is 0 Å². The van der Waals surface area contributed by atoms with Crippen LogP contribution in [0.15, 0.2) is 11.6 Å². The first kappa shape index (κ1) is 6.05. The largest absolute Gasteiger partial charge is 0.250 e. The van der Waals surface area contributed by atoms with Crippen LogP contribution in [0.1, 0.15) is 5.01 Å². The van der Waals surface area contributed by atoms with Crippen molar-refractivity contribution in [2.45, 2.75) is 6.42 Å². The lowest BCUT2D eigenvalue weighted by Gasteiger charge is -1.82. The van der Waals surface area contributed by atoms with Crippen molar-refractivity contribution in [3.63, 3.8) is 0 Å². The fourth-order valence-corrected chi connectivity index (χ4v) is 1.37. The summed E-state index contributed by atoms with van der Waals surface area (Å²) in [6, 6.07) is 0. The van der Waals surface area contributed by atoms with E-state index < -0.39 is 0 Å². The van der Waals surface area contributed by atoms with Gasteiger partial charge in [-0.3, -0.25) is 0 Å². The van der Waals surface area contributed by atoms with E-state index in [4.69, 9.17) is 11.6 Å². The van der Waals surface area contributed by atoms with Gasteiger partial charge >= 0.3 is 0 Å². The van der Waals surface area contributed by atoms with E-state index in [2.05, 4.69) is 4.98 Å². The molecule has 1 rings (SSSR count). The predicted octanol–water partition coefficient (Wildman–Crippen LogP) is 1.92.